The number of carboxylic acids is 2. The molecule has 3 N–H and O–H groups in total. The third-order valence-electron chi connectivity index (χ3n) is 5.34. The first-order valence-electron chi connectivity index (χ1n) is 14.5. The van der Waals surface area contributed by atoms with Crippen molar-refractivity contribution in [3.63, 3.8) is 0 Å². The van der Waals surface area contributed by atoms with Crippen LogP contribution in [-0.2, 0) is 16.0 Å². The zero-order valence-corrected chi connectivity index (χ0v) is 24.9. The SMILES string of the molecule is CC.CC.CCOc1cc(CCCCCCC(=O)O)c(/C=C/C(O)CCCCCC(=O)O)c(OC(C)C)c1. The van der Waals surface area contributed by atoms with E-state index in [1.807, 2.05) is 66.7 Å². The van der Waals surface area contributed by atoms with Gasteiger partial charge in [0.15, 0.2) is 0 Å². The molecule has 0 aliphatic carbocycles. The number of carboxylic acid groups (broad SMARTS) is 2. The molecule has 38 heavy (non-hydrogen) atoms. The standard InChI is InChI=1S/C27H42O7.2C2H6/c1-4-33-23-18-21(12-8-5-6-10-14-26(29)30)24(25(19-23)34-20(2)3)17-16-22(28)13-9-7-11-15-27(31)32;2*1-2/h16-20,22,28H,4-15H2,1-3H3,(H,29,30)(H,31,32);2*1-2H3/b17-16+;;. The molecule has 0 fully saturated rings. The molecule has 0 saturated carbocycles. The number of aliphatic hydroxyl groups excluding tert-OH is 1. The second kappa shape index (κ2) is 24.8. The highest BCUT2D eigenvalue weighted by Gasteiger charge is 2.13. The predicted molar refractivity (Wildman–Crippen MR) is 156 cm³/mol. The molecule has 0 spiro atoms. The highest BCUT2D eigenvalue weighted by Crippen LogP contribution is 2.32. The lowest BCUT2D eigenvalue weighted by atomic mass is 9.98. The second-order valence-electron chi connectivity index (χ2n) is 8.82. The molecule has 1 rings (SSSR count). The number of hydrogen-bond acceptors (Lipinski definition) is 5. The van der Waals surface area contributed by atoms with Crippen LogP contribution in [0.2, 0.25) is 0 Å². The molecule has 0 aliphatic rings. The van der Waals surface area contributed by atoms with E-state index in [0.717, 1.165) is 55.4 Å². The number of aliphatic hydroxyl groups is 1. The number of rotatable bonds is 19. The van der Waals surface area contributed by atoms with Gasteiger partial charge in [-0.25, -0.2) is 0 Å². The van der Waals surface area contributed by atoms with Crippen LogP contribution in [0.3, 0.4) is 0 Å². The summed E-state index contributed by atoms with van der Waals surface area (Å²) in [6.07, 6.45) is 10.4. The normalized spacial score (nSPS) is 11.3. The quantitative estimate of drug-likeness (QED) is 0.153. The zero-order valence-electron chi connectivity index (χ0n) is 24.9. The first kappa shape index (κ1) is 37.6. The van der Waals surface area contributed by atoms with Gasteiger partial charge in [0.1, 0.15) is 11.5 Å². The van der Waals surface area contributed by atoms with Crippen molar-refractivity contribution < 1.29 is 34.4 Å². The van der Waals surface area contributed by atoms with Crippen molar-refractivity contribution in [2.45, 2.75) is 131 Å². The van der Waals surface area contributed by atoms with Crippen LogP contribution >= 0.6 is 0 Å². The maximum Gasteiger partial charge on any atom is 0.303 e. The lowest BCUT2D eigenvalue weighted by Gasteiger charge is -2.18. The summed E-state index contributed by atoms with van der Waals surface area (Å²) in [4.78, 5) is 21.3. The van der Waals surface area contributed by atoms with Crippen molar-refractivity contribution in [3.05, 3.63) is 29.3 Å². The number of ether oxygens (including phenoxy) is 2. The Bertz CT molecular complexity index is 772. The van der Waals surface area contributed by atoms with Gasteiger partial charge in [0.2, 0.25) is 0 Å². The number of unbranched alkanes of at least 4 members (excludes halogenated alkanes) is 5. The fourth-order valence-corrected chi connectivity index (χ4v) is 3.71. The highest BCUT2D eigenvalue weighted by molar-refractivity contribution is 5.67. The molecule has 0 amide bonds. The van der Waals surface area contributed by atoms with Gasteiger partial charge < -0.3 is 24.8 Å². The predicted octanol–water partition coefficient (Wildman–Crippen LogP) is 7.91. The average Bonchev–Trinajstić information content (AvgIpc) is 2.87. The van der Waals surface area contributed by atoms with E-state index in [1.54, 1.807) is 6.08 Å². The summed E-state index contributed by atoms with van der Waals surface area (Å²) < 4.78 is 11.8. The van der Waals surface area contributed by atoms with Gasteiger partial charge in [0.05, 0.1) is 18.8 Å². The number of aryl methyl sites for hydroxylation is 1. The zero-order chi connectivity index (χ0) is 29.3. The van der Waals surface area contributed by atoms with Gasteiger partial charge in [-0.1, -0.05) is 65.5 Å². The van der Waals surface area contributed by atoms with Crippen LogP contribution in [0.15, 0.2) is 18.2 Å². The fraction of sp³-hybridized carbons (Fsp3) is 0.677. The summed E-state index contributed by atoms with van der Waals surface area (Å²) in [6, 6.07) is 3.91. The number of carbonyl (C=O) groups is 2. The van der Waals surface area contributed by atoms with E-state index < -0.39 is 18.0 Å². The van der Waals surface area contributed by atoms with Crippen molar-refractivity contribution in [1.29, 1.82) is 0 Å². The molecule has 220 valence electrons. The topological polar surface area (TPSA) is 113 Å². The van der Waals surface area contributed by atoms with Gasteiger partial charge in [0, 0.05) is 24.5 Å². The van der Waals surface area contributed by atoms with Crippen LogP contribution < -0.4 is 9.47 Å². The van der Waals surface area contributed by atoms with Crippen molar-refractivity contribution >= 4 is 18.0 Å². The van der Waals surface area contributed by atoms with Gasteiger partial charge in [-0.3, -0.25) is 9.59 Å². The van der Waals surface area contributed by atoms with E-state index in [0.29, 0.717) is 31.6 Å². The molecule has 7 nitrogen and oxygen atoms in total. The second-order valence-corrected chi connectivity index (χ2v) is 8.82. The Labute approximate surface area is 231 Å². The molecule has 1 unspecified atom stereocenters. The van der Waals surface area contributed by atoms with Crippen LogP contribution in [0.5, 0.6) is 11.5 Å². The van der Waals surface area contributed by atoms with Gasteiger partial charge in [0.25, 0.3) is 0 Å². The lowest BCUT2D eigenvalue weighted by Crippen LogP contribution is -2.09. The van der Waals surface area contributed by atoms with Crippen molar-refractivity contribution in [3.8, 4) is 11.5 Å². The van der Waals surface area contributed by atoms with Crippen LogP contribution in [0.4, 0.5) is 0 Å². The lowest BCUT2D eigenvalue weighted by molar-refractivity contribution is -0.138. The third kappa shape index (κ3) is 19.6. The third-order valence-corrected chi connectivity index (χ3v) is 5.34. The molecule has 0 saturated heterocycles. The number of aliphatic carboxylic acids is 2. The minimum Gasteiger partial charge on any atom is -0.494 e. The summed E-state index contributed by atoms with van der Waals surface area (Å²) in [5, 5.41) is 27.9. The molecule has 7 heteroatoms. The molecule has 0 heterocycles. The summed E-state index contributed by atoms with van der Waals surface area (Å²) >= 11 is 0. The van der Waals surface area contributed by atoms with Crippen LogP contribution in [0.1, 0.15) is 124 Å². The van der Waals surface area contributed by atoms with Crippen molar-refractivity contribution in [2.24, 2.45) is 0 Å². The van der Waals surface area contributed by atoms with E-state index in [-0.39, 0.29) is 18.9 Å². The Kier molecular flexibility index (Phi) is 24.5. The summed E-state index contributed by atoms with van der Waals surface area (Å²) in [6.45, 7) is 14.4. The molecule has 1 aromatic carbocycles. The largest absolute Gasteiger partial charge is 0.494 e. The maximum atomic E-state index is 10.7. The summed E-state index contributed by atoms with van der Waals surface area (Å²) in [5.74, 6) is -0.0855. The number of benzene rings is 1. The van der Waals surface area contributed by atoms with E-state index in [9.17, 15) is 14.7 Å². The molecule has 0 aromatic heterocycles. The molecule has 0 bridgehead atoms. The highest BCUT2D eigenvalue weighted by atomic mass is 16.5. The van der Waals surface area contributed by atoms with Crippen molar-refractivity contribution in [2.75, 3.05) is 6.61 Å². The minimum absolute atomic E-state index is 0.0212. The van der Waals surface area contributed by atoms with Gasteiger partial charge in [-0.2, -0.15) is 0 Å². The maximum absolute atomic E-state index is 10.7. The molecule has 0 aliphatic heterocycles. The average molecular weight is 539 g/mol. The van der Waals surface area contributed by atoms with Gasteiger partial charge in [-0.15, -0.1) is 0 Å². The van der Waals surface area contributed by atoms with Crippen LogP contribution in [0.25, 0.3) is 6.08 Å². The Hall–Kier alpha value is -2.54. The first-order chi connectivity index (χ1) is 18.2. The van der Waals surface area contributed by atoms with Crippen LogP contribution in [-0.4, -0.2) is 46.1 Å². The molecule has 0 radical (unpaired) electrons. The first-order valence-corrected chi connectivity index (χ1v) is 14.5. The van der Waals surface area contributed by atoms with Gasteiger partial charge in [-0.05, 0) is 64.5 Å². The Morgan fingerprint density at radius 2 is 1.42 bits per heavy atom. The summed E-state index contributed by atoms with van der Waals surface area (Å²) in [7, 11) is 0. The Balaban J connectivity index is 0. The smallest absolute Gasteiger partial charge is 0.303 e. The molecular weight excluding hydrogens is 484 g/mol. The molecule has 1 atom stereocenters. The summed E-state index contributed by atoms with van der Waals surface area (Å²) in [5.41, 5.74) is 2.00. The van der Waals surface area contributed by atoms with Crippen LogP contribution in [0, 0.1) is 0 Å². The molecule has 1 aromatic rings. The van der Waals surface area contributed by atoms with E-state index in [4.69, 9.17) is 19.7 Å². The number of hydrogen-bond donors (Lipinski definition) is 3. The monoisotopic (exact) mass is 538 g/mol. The Morgan fingerprint density at radius 3 is 1.95 bits per heavy atom. The van der Waals surface area contributed by atoms with E-state index >= 15 is 0 Å². The van der Waals surface area contributed by atoms with E-state index in [2.05, 4.69) is 0 Å². The van der Waals surface area contributed by atoms with Crippen molar-refractivity contribution in [1.82, 2.24) is 0 Å². The minimum atomic E-state index is -0.789. The van der Waals surface area contributed by atoms with Gasteiger partial charge >= 0.3 is 11.9 Å². The fourth-order valence-electron chi connectivity index (χ4n) is 3.71. The van der Waals surface area contributed by atoms with E-state index in [1.165, 1.54) is 0 Å². The molecular formula is C31H54O7. The Morgan fingerprint density at radius 1 is 0.868 bits per heavy atom.